The molecule has 0 spiro atoms. The van der Waals surface area contributed by atoms with E-state index >= 15 is 0 Å². The SMILES string of the molecule is c1ccc(-c2nc(-c3ccc(-c4ccc(-c5ccc6c7ccccc7c7ccccc7c6c5)cc4)cc3)cc(-n3c4ccccc4c4ccccc43)n2)cc1. The van der Waals surface area contributed by atoms with Gasteiger partial charge in [-0.25, -0.2) is 9.97 Å². The summed E-state index contributed by atoms with van der Waals surface area (Å²) in [5.41, 5.74) is 9.89. The molecule has 0 atom stereocenters. The number of aromatic nitrogens is 3. The van der Waals surface area contributed by atoms with Crippen LogP contribution in [0.5, 0.6) is 0 Å². The van der Waals surface area contributed by atoms with E-state index in [9.17, 15) is 0 Å². The summed E-state index contributed by atoms with van der Waals surface area (Å²) in [4.78, 5) is 10.3. The van der Waals surface area contributed by atoms with Crippen LogP contribution in [0.1, 0.15) is 0 Å². The molecule has 3 heteroatoms. The quantitative estimate of drug-likeness (QED) is 0.167. The molecule has 0 aliphatic carbocycles. The summed E-state index contributed by atoms with van der Waals surface area (Å²) >= 11 is 0. The Balaban J connectivity index is 0.962. The Kier molecular flexibility index (Phi) is 7.17. The number of hydrogen-bond donors (Lipinski definition) is 0. The van der Waals surface area contributed by atoms with Crippen LogP contribution in [0, 0.1) is 0 Å². The fraction of sp³-hybridized carbons (Fsp3) is 0. The Morgan fingerprint density at radius 3 is 1.25 bits per heavy atom. The van der Waals surface area contributed by atoms with Crippen LogP contribution < -0.4 is 0 Å². The molecule has 0 saturated heterocycles. The van der Waals surface area contributed by atoms with Crippen molar-refractivity contribution in [3.63, 3.8) is 0 Å². The first-order valence-electron chi connectivity index (χ1n) is 18.7. The molecule has 0 fully saturated rings. The van der Waals surface area contributed by atoms with Gasteiger partial charge in [-0.2, -0.15) is 0 Å². The predicted octanol–water partition coefficient (Wildman–Crippen LogP) is 13.7. The van der Waals surface area contributed by atoms with Crippen molar-refractivity contribution in [2.45, 2.75) is 0 Å². The normalized spacial score (nSPS) is 11.6. The molecule has 0 amide bonds. The van der Waals surface area contributed by atoms with E-state index in [0.29, 0.717) is 5.82 Å². The summed E-state index contributed by atoms with van der Waals surface area (Å²) < 4.78 is 2.26. The molecule has 3 nitrogen and oxygen atoms in total. The Morgan fingerprint density at radius 1 is 0.273 bits per heavy atom. The molecule has 0 unspecified atom stereocenters. The summed E-state index contributed by atoms with van der Waals surface area (Å²) in [7, 11) is 0. The van der Waals surface area contributed by atoms with Crippen LogP contribution in [-0.4, -0.2) is 14.5 Å². The monoisotopic (exact) mass is 699 g/mol. The van der Waals surface area contributed by atoms with Crippen molar-refractivity contribution in [2.75, 3.05) is 0 Å². The number of para-hydroxylation sites is 2. The van der Waals surface area contributed by atoms with Gasteiger partial charge in [0.15, 0.2) is 5.82 Å². The summed E-state index contributed by atoms with van der Waals surface area (Å²) in [6.07, 6.45) is 0. The van der Waals surface area contributed by atoms with Crippen LogP contribution in [0.25, 0.3) is 105 Å². The topological polar surface area (TPSA) is 30.7 Å². The average Bonchev–Trinajstić information content (AvgIpc) is 3.61. The smallest absolute Gasteiger partial charge is 0.162 e. The van der Waals surface area contributed by atoms with E-state index < -0.39 is 0 Å². The maximum absolute atomic E-state index is 5.17. The van der Waals surface area contributed by atoms with Gasteiger partial charge in [0.1, 0.15) is 5.82 Å². The molecule has 0 N–H and O–H groups in total. The highest BCUT2D eigenvalue weighted by atomic mass is 15.1. The molecule has 0 saturated carbocycles. The first kappa shape index (κ1) is 31.2. The van der Waals surface area contributed by atoms with Crippen molar-refractivity contribution in [3.8, 4) is 50.7 Å². The second kappa shape index (κ2) is 12.6. The Bertz CT molecular complexity index is 3140. The zero-order chi connectivity index (χ0) is 36.3. The zero-order valence-electron chi connectivity index (χ0n) is 29.9. The van der Waals surface area contributed by atoms with Gasteiger partial charge in [-0.05, 0) is 72.8 Å². The van der Waals surface area contributed by atoms with Crippen molar-refractivity contribution in [2.24, 2.45) is 0 Å². The molecule has 0 bridgehead atoms. The minimum atomic E-state index is 0.699. The van der Waals surface area contributed by atoms with Crippen molar-refractivity contribution >= 4 is 54.1 Å². The van der Waals surface area contributed by atoms with Gasteiger partial charge in [0.2, 0.25) is 0 Å². The zero-order valence-corrected chi connectivity index (χ0v) is 29.9. The van der Waals surface area contributed by atoms with Crippen LogP contribution in [0.4, 0.5) is 0 Å². The van der Waals surface area contributed by atoms with E-state index in [2.05, 4.69) is 187 Å². The van der Waals surface area contributed by atoms with Crippen molar-refractivity contribution in [1.82, 2.24) is 14.5 Å². The molecule has 9 aromatic carbocycles. The van der Waals surface area contributed by atoms with E-state index in [1.807, 2.05) is 18.2 Å². The van der Waals surface area contributed by atoms with E-state index in [-0.39, 0.29) is 0 Å². The average molecular weight is 700 g/mol. The molecular formula is C52H33N3. The van der Waals surface area contributed by atoms with Crippen LogP contribution in [-0.2, 0) is 0 Å². The highest BCUT2D eigenvalue weighted by molar-refractivity contribution is 6.25. The first-order valence-corrected chi connectivity index (χ1v) is 18.7. The molecule has 0 aliphatic rings. The minimum absolute atomic E-state index is 0.699. The largest absolute Gasteiger partial charge is 0.294 e. The number of nitrogens with zero attached hydrogens (tertiary/aromatic N) is 3. The molecule has 256 valence electrons. The molecule has 0 aliphatic heterocycles. The van der Waals surface area contributed by atoms with Crippen LogP contribution in [0.3, 0.4) is 0 Å². The van der Waals surface area contributed by atoms with Gasteiger partial charge in [-0.3, -0.25) is 4.57 Å². The van der Waals surface area contributed by atoms with Crippen molar-refractivity contribution < 1.29 is 0 Å². The summed E-state index contributed by atoms with van der Waals surface area (Å²) in [5.74, 6) is 1.54. The molecule has 11 aromatic rings. The summed E-state index contributed by atoms with van der Waals surface area (Å²) in [5, 5.41) is 10.2. The molecule has 11 rings (SSSR count). The predicted molar refractivity (Wildman–Crippen MR) is 231 cm³/mol. The lowest BCUT2D eigenvalue weighted by Gasteiger charge is -2.13. The van der Waals surface area contributed by atoms with Crippen molar-refractivity contribution in [1.29, 1.82) is 0 Å². The van der Waals surface area contributed by atoms with Crippen LogP contribution >= 0.6 is 0 Å². The standard InChI is InChI=1S/C52H33N3/c1-2-12-38(13-3-1)52-53-48(33-51(54-52)55-49-20-10-8-18-45(49)46-19-9-11-21-50(46)55)37-28-26-35(27-29-37)34-22-24-36(25-23-34)39-30-31-44-42-16-5-4-14-40(42)41-15-6-7-17-43(41)47(44)32-39/h1-33H. The van der Waals surface area contributed by atoms with Gasteiger partial charge in [0.25, 0.3) is 0 Å². The molecule has 55 heavy (non-hydrogen) atoms. The van der Waals surface area contributed by atoms with E-state index in [4.69, 9.17) is 9.97 Å². The van der Waals surface area contributed by atoms with Gasteiger partial charge < -0.3 is 0 Å². The number of fused-ring (bicyclic) bond motifs is 9. The Hall–Kier alpha value is -7.36. The lowest BCUT2D eigenvalue weighted by molar-refractivity contribution is 1.05. The second-order valence-corrected chi connectivity index (χ2v) is 14.2. The maximum atomic E-state index is 5.17. The highest BCUT2D eigenvalue weighted by Crippen LogP contribution is 2.38. The van der Waals surface area contributed by atoms with Gasteiger partial charge in [0.05, 0.1) is 16.7 Å². The van der Waals surface area contributed by atoms with E-state index in [0.717, 1.165) is 39.2 Å². The minimum Gasteiger partial charge on any atom is -0.294 e. The molecule has 2 aromatic heterocycles. The Labute approximate surface area is 318 Å². The number of hydrogen-bond acceptors (Lipinski definition) is 2. The van der Waals surface area contributed by atoms with E-state index in [1.54, 1.807) is 0 Å². The summed E-state index contributed by atoms with van der Waals surface area (Å²) in [6, 6.07) is 71.5. The van der Waals surface area contributed by atoms with Crippen molar-refractivity contribution in [3.05, 3.63) is 200 Å². The summed E-state index contributed by atoms with van der Waals surface area (Å²) in [6.45, 7) is 0. The van der Waals surface area contributed by atoms with Gasteiger partial charge in [-0.1, -0.05) is 176 Å². The Morgan fingerprint density at radius 2 is 0.691 bits per heavy atom. The second-order valence-electron chi connectivity index (χ2n) is 14.2. The van der Waals surface area contributed by atoms with Gasteiger partial charge >= 0.3 is 0 Å². The fourth-order valence-electron chi connectivity index (χ4n) is 8.36. The number of benzene rings is 9. The number of rotatable bonds is 5. The molecular weight excluding hydrogens is 667 g/mol. The third-order valence-electron chi connectivity index (χ3n) is 11.0. The maximum Gasteiger partial charge on any atom is 0.162 e. The third-order valence-corrected chi connectivity index (χ3v) is 11.0. The van der Waals surface area contributed by atoms with Crippen LogP contribution in [0.2, 0.25) is 0 Å². The highest BCUT2D eigenvalue weighted by Gasteiger charge is 2.16. The molecule has 0 radical (unpaired) electrons. The molecule has 2 heterocycles. The third kappa shape index (κ3) is 5.20. The van der Waals surface area contributed by atoms with Gasteiger partial charge in [-0.15, -0.1) is 0 Å². The van der Waals surface area contributed by atoms with E-state index in [1.165, 1.54) is 59.8 Å². The lowest BCUT2D eigenvalue weighted by atomic mass is 9.92. The fourth-order valence-corrected chi connectivity index (χ4v) is 8.36. The lowest BCUT2D eigenvalue weighted by Crippen LogP contribution is -2.02. The van der Waals surface area contributed by atoms with Gasteiger partial charge in [0, 0.05) is 28.0 Å². The van der Waals surface area contributed by atoms with Crippen LogP contribution in [0.15, 0.2) is 200 Å². The first-order chi connectivity index (χ1) is 27.3.